The van der Waals surface area contributed by atoms with Crippen LogP contribution >= 0.6 is 0 Å². The molecule has 0 saturated heterocycles. The van der Waals surface area contributed by atoms with Gasteiger partial charge in [0, 0.05) is 24.1 Å². The number of amides is 1. The Bertz CT molecular complexity index is 885. The molecular formula is C16H13N3O5. The van der Waals surface area contributed by atoms with E-state index in [4.69, 9.17) is 10.5 Å². The van der Waals surface area contributed by atoms with Gasteiger partial charge in [-0.1, -0.05) is 18.2 Å². The SMILES string of the molecule is NC1=C([N+](=O)[O-])C2(C(=O)Nc3ccccc32)C2=C(CCCC2=O)O1. The number of ether oxygens (including phenoxy) is 1. The largest absolute Gasteiger partial charge is 0.440 e. The number of ketones is 1. The lowest BCUT2D eigenvalue weighted by Crippen LogP contribution is -2.48. The molecule has 2 aliphatic heterocycles. The number of Topliss-reactive ketones (excluding diaryl/α,β-unsaturated/α-hetero) is 1. The first-order chi connectivity index (χ1) is 11.5. The Hall–Kier alpha value is -3.16. The lowest BCUT2D eigenvalue weighted by molar-refractivity contribution is -0.436. The number of carbonyl (C=O) groups is 2. The molecule has 122 valence electrons. The zero-order chi connectivity index (χ0) is 17.1. The number of nitro groups is 1. The van der Waals surface area contributed by atoms with Crippen LogP contribution in [-0.4, -0.2) is 16.6 Å². The van der Waals surface area contributed by atoms with Crippen molar-refractivity contribution in [3.63, 3.8) is 0 Å². The fraction of sp³-hybridized carbons (Fsp3) is 0.250. The van der Waals surface area contributed by atoms with Crippen molar-refractivity contribution in [2.75, 3.05) is 5.32 Å². The van der Waals surface area contributed by atoms with Gasteiger partial charge in [-0.05, 0) is 12.5 Å². The van der Waals surface area contributed by atoms with Gasteiger partial charge in [-0.2, -0.15) is 0 Å². The highest BCUT2D eigenvalue weighted by Crippen LogP contribution is 2.53. The number of hydrogen-bond acceptors (Lipinski definition) is 6. The van der Waals surface area contributed by atoms with Crippen molar-refractivity contribution in [3.8, 4) is 0 Å². The van der Waals surface area contributed by atoms with Gasteiger partial charge in [0.2, 0.25) is 5.41 Å². The maximum atomic E-state index is 12.9. The number of nitrogens with zero attached hydrogens (tertiary/aromatic N) is 1. The quantitative estimate of drug-likeness (QED) is 0.592. The molecule has 8 nitrogen and oxygen atoms in total. The first-order valence-electron chi connectivity index (χ1n) is 7.48. The van der Waals surface area contributed by atoms with Crippen molar-refractivity contribution >= 4 is 17.4 Å². The molecule has 24 heavy (non-hydrogen) atoms. The van der Waals surface area contributed by atoms with E-state index in [1.54, 1.807) is 24.3 Å². The van der Waals surface area contributed by atoms with Crippen LogP contribution in [0.4, 0.5) is 5.69 Å². The summed E-state index contributed by atoms with van der Waals surface area (Å²) in [5, 5.41) is 14.4. The van der Waals surface area contributed by atoms with Crippen LogP contribution in [0.2, 0.25) is 0 Å². The van der Waals surface area contributed by atoms with Gasteiger partial charge in [-0.15, -0.1) is 0 Å². The minimum Gasteiger partial charge on any atom is -0.440 e. The van der Waals surface area contributed by atoms with Crippen LogP contribution < -0.4 is 11.1 Å². The Kier molecular flexibility index (Phi) is 2.81. The highest BCUT2D eigenvalue weighted by atomic mass is 16.6. The molecule has 2 heterocycles. The van der Waals surface area contributed by atoms with E-state index in [1.165, 1.54) is 0 Å². The molecule has 1 aromatic carbocycles. The molecule has 1 aliphatic carbocycles. The zero-order valence-corrected chi connectivity index (χ0v) is 12.5. The number of hydrogen-bond donors (Lipinski definition) is 2. The van der Waals surface area contributed by atoms with E-state index >= 15 is 0 Å². The van der Waals surface area contributed by atoms with E-state index in [9.17, 15) is 19.7 Å². The first kappa shape index (κ1) is 14.4. The van der Waals surface area contributed by atoms with Crippen LogP contribution in [-0.2, 0) is 19.7 Å². The van der Waals surface area contributed by atoms with E-state index in [-0.39, 0.29) is 23.5 Å². The topological polar surface area (TPSA) is 125 Å². The van der Waals surface area contributed by atoms with Crippen LogP contribution in [0, 0.1) is 10.1 Å². The summed E-state index contributed by atoms with van der Waals surface area (Å²) in [6.45, 7) is 0. The van der Waals surface area contributed by atoms with Crippen molar-refractivity contribution in [1.29, 1.82) is 0 Å². The molecule has 0 fully saturated rings. The molecule has 0 bridgehead atoms. The van der Waals surface area contributed by atoms with Gasteiger partial charge in [-0.25, -0.2) is 0 Å². The summed E-state index contributed by atoms with van der Waals surface area (Å²) in [6.07, 6.45) is 1.17. The fourth-order valence-electron chi connectivity index (χ4n) is 3.79. The Morgan fingerprint density at radius 1 is 1.25 bits per heavy atom. The predicted octanol–water partition coefficient (Wildman–Crippen LogP) is 1.32. The average Bonchev–Trinajstić information content (AvgIpc) is 2.80. The number of carbonyl (C=O) groups excluding carboxylic acids is 2. The van der Waals surface area contributed by atoms with Crippen LogP contribution in [0.1, 0.15) is 24.8 Å². The molecule has 4 rings (SSSR count). The molecule has 1 atom stereocenters. The second kappa shape index (κ2) is 4.67. The highest BCUT2D eigenvalue weighted by Gasteiger charge is 2.65. The van der Waals surface area contributed by atoms with E-state index in [1.807, 2.05) is 0 Å². The molecule has 1 spiro atoms. The van der Waals surface area contributed by atoms with Crippen LogP contribution in [0.3, 0.4) is 0 Å². The molecule has 3 N–H and O–H groups in total. The van der Waals surface area contributed by atoms with Gasteiger partial charge in [0.15, 0.2) is 5.78 Å². The van der Waals surface area contributed by atoms with Gasteiger partial charge < -0.3 is 15.8 Å². The van der Waals surface area contributed by atoms with Crippen molar-refractivity contribution in [2.24, 2.45) is 5.73 Å². The summed E-state index contributed by atoms with van der Waals surface area (Å²) >= 11 is 0. The summed E-state index contributed by atoms with van der Waals surface area (Å²) in [5.41, 5.74) is 4.17. The van der Waals surface area contributed by atoms with Gasteiger partial charge in [0.1, 0.15) is 5.76 Å². The van der Waals surface area contributed by atoms with E-state index in [0.29, 0.717) is 24.1 Å². The van der Waals surface area contributed by atoms with Gasteiger partial charge in [-0.3, -0.25) is 19.7 Å². The molecule has 1 unspecified atom stereocenters. The molecule has 0 aromatic heterocycles. The van der Waals surface area contributed by atoms with Crippen molar-refractivity contribution in [3.05, 3.63) is 62.9 Å². The van der Waals surface area contributed by atoms with Crippen LogP contribution in [0.15, 0.2) is 47.2 Å². The zero-order valence-electron chi connectivity index (χ0n) is 12.5. The summed E-state index contributed by atoms with van der Waals surface area (Å²) < 4.78 is 5.38. The van der Waals surface area contributed by atoms with E-state index in [2.05, 4.69) is 5.32 Å². The molecule has 0 radical (unpaired) electrons. The summed E-state index contributed by atoms with van der Waals surface area (Å²) in [5.74, 6) is -1.17. The molecule has 1 aromatic rings. The van der Waals surface area contributed by atoms with Gasteiger partial charge in [0.25, 0.3) is 11.8 Å². The van der Waals surface area contributed by atoms with Gasteiger partial charge >= 0.3 is 5.70 Å². The maximum Gasteiger partial charge on any atom is 0.330 e. The van der Waals surface area contributed by atoms with Crippen molar-refractivity contribution in [2.45, 2.75) is 24.7 Å². The predicted molar refractivity (Wildman–Crippen MR) is 81.9 cm³/mol. The third-order valence-corrected chi connectivity index (χ3v) is 4.66. The Balaban J connectivity index is 2.13. The fourth-order valence-corrected chi connectivity index (χ4v) is 3.79. The molecular weight excluding hydrogens is 314 g/mol. The van der Waals surface area contributed by atoms with Crippen molar-refractivity contribution < 1.29 is 19.2 Å². The van der Waals surface area contributed by atoms with E-state index in [0.717, 1.165) is 0 Å². The number of anilines is 1. The monoisotopic (exact) mass is 327 g/mol. The average molecular weight is 327 g/mol. The third kappa shape index (κ3) is 1.57. The summed E-state index contributed by atoms with van der Waals surface area (Å²) in [7, 11) is 0. The number of rotatable bonds is 1. The number of nitrogens with two attached hydrogens (primary N) is 1. The summed E-state index contributed by atoms with van der Waals surface area (Å²) in [6, 6.07) is 6.60. The lowest BCUT2D eigenvalue weighted by atomic mass is 9.67. The number of para-hydroxylation sites is 1. The number of nitrogens with one attached hydrogen (secondary N) is 1. The normalized spacial score (nSPS) is 25.3. The number of benzene rings is 1. The van der Waals surface area contributed by atoms with E-state index < -0.39 is 27.8 Å². The van der Waals surface area contributed by atoms with Gasteiger partial charge in [0.05, 0.1) is 10.5 Å². The molecule has 1 amide bonds. The van der Waals surface area contributed by atoms with Crippen LogP contribution in [0.5, 0.6) is 0 Å². The molecule has 0 saturated carbocycles. The number of fused-ring (bicyclic) bond motifs is 3. The standard InChI is InChI=1S/C16H13N3O5/c17-14-13(19(22)23)16(12-10(20)6-3-7-11(12)24-14)8-4-1-2-5-9(8)18-15(16)21/h1-2,4-5H,3,6-7,17H2,(H,18,21). The second-order valence-electron chi connectivity index (χ2n) is 5.90. The Morgan fingerprint density at radius 2 is 2.00 bits per heavy atom. The Labute approximate surface area is 136 Å². The number of allylic oxidation sites excluding steroid dienone is 1. The van der Waals surface area contributed by atoms with Crippen LogP contribution in [0.25, 0.3) is 0 Å². The summed E-state index contributed by atoms with van der Waals surface area (Å²) in [4.78, 5) is 36.5. The highest BCUT2D eigenvalue weighted by molar-refractivity contribution is 6.18. The smallest absolute Gasteiger partial charge is 0.330 e. The first-order valence-corrected chi connectivity index (χ1v) is 7.48. The Morgan fingerprint density at radius 3 is 2.75 bits per heavy atom. The second-order valence-corrected chi connectivity index (χ2v) is 5.90. The molecule has 3 aliphatic rings. The third-order valence-electron chi connectivity index (χ3n) is 4.66. The maximum absolute atomic E-state index is 12.9. The molecule has 8 heteroatoms. The lowest BCUT2D eigenvalue weighted by Gasteiger charge is -2.34. The van der Waals surface area contributed by atoms with Crippen molar-refractivity contribution in [1.82, 2.24) is 0 Å². The minimum atomic E-state index is -1.85. The minimum absolute atomic E-state index is 0.0390.